The van der Waals surface area contributed by atoms with Crippen molar-refractivity contribution in [3.8, 4) is 17.2 Å². The molecule has 1 aromatic heterocycles. The summed E-state index contributed by atoms with van der Waals surface area (Å²) in [5, 5.41) is 6.49. The van der Waals surface area contributed by atoms with Gasteiger partial charge in [0.05, 0.1) is 37.7 Å². The molecule has 8 nitrogen and oxygen atoms in total. The number of nitrogens with zero attached hydrogens (tertiary/aromatic N) is 2. The van der Waals surface area contributed by atoms with Crippen LogP contribution in [0.5, 0.6) is 11.5 Å². The second-order valence-corrected chi connectivity index (χ2v) is 7.14. The molecular formula is C22H19ClF3N3O5. The fraction of sp³-hybridized carbons (Fsp3) is 0.227. The van der Waals surface area contributed by atoms with Crippen LogP contribution in [0.3, 0.4) is 0 Å². The highest BCUT2D eigenvalue weighted by Crippen LogP contribution is 2.36. The quantitative estimate of drug-likeness (QED) is 0.462. The van der Waals surface area contributed by atoms with Gasteiger partial charge in [-0.2, -0.15) is 18.3 Å². The third kappa shape index (κ3) is 5.09. The smallest absolute Gasteiger partial charge is 0.434 e. The number of hydrogen-bond donors (Lipinski definition) is 1. The van der Waals surface area contributed by atoms with Gasteiger partial charge in [0.15, 0.2) is 17.2 Å². The molecule has 34 heavy (non-hydrogen) atoms. The summed E-state index contributed by atoms with van der Waals surface area (Å²) >= 11 is 6.13. The second kappa shape index (κ2) is 10.0. The number of hydrogen-bond acceptors (Lipinski definition) is 6. The topological polar surface area (TPSA) is 91.7 Å². The highest BCUT2D eigenvalue weighted by atomic mass is 35.5. The van der Waals surface area contributed by atoms with Crippen LogP contribution >= 0.6 is 11.6 Å². The van der Waals surface area contributed by atoms with Gasteiger partial charge in [-0.1, -0.05) is 11.6 Å². The summed E-state index contributed by atoms with van der Waals surface area (Å²) in [6, 6.07) is 8.24. The number of alkyl halides is 3. The van der Waals surface area contributed by atoms with E-state index >= 15 is 0 Å². The third-order valence-corrected chi connectivity index (χ3v) is 4.88. The minimum atomic E-state index is -4.86. The average molecular weight is 498 g/mol. The minimum absolute atomic E-state index is 0.0232. The molecule has 0 saturated carbocycles. The summed E-state index contributed by atoms with van der Waals surface area (Å²) in [4.78, 5) is 24.6. The Kier molecular flexibility index (Phi) is 7.35. The molecule has 2 aromatic carbocycles. The number of ether oxygens (including phenoxy) is 3. The first-order valence-corrected chi connectivity index (χ1v) is 10.1. The Morgan fingerprint density at radius 1 is 1.12 bits per heavy atom. The van der Waals surface area contributed by atoms with E-state index in [1.165, 1.54) is 57.5 Å². The van der Waals surface area contributed by atoms with Crippen LogP contribution in [-0.2, 0) is 10.9 Å². The number of esters is 1. The van der Waals surface area contributed by atoms with Gasteiger partial charge in [-0.15, -0.1) is 0 Å². The van der Waals surface area contributed by atoms with Crippen molar-refractivity contribution in [2.45, 2.75) is 13.1 Å². The molecule has 0 bridgehead atoms. The molecule has 0 aliphatic heterocycles. The van der Waals surface area contributed by atoms with Gasteiger partial charge in [0.2, 0.25) is 0 Å². The molecule has 3 aromatic rings. The predicted octanol–water partition coefficient (Wildman–Crippen LogP) is 4.99. The molecule has 0 saturated heterocycles. The van der Waals surface area contributed by atoms with Gasteiger partial charge in [-0.25, -0.2) is 9.48 Å². The van der Waals surface area contributed by atoms with Crippen molar-refractivity contribution in [1.82, 2.24) is 9.78 Å². The molecule has 1 amide bonds. The minimum Gasteiger partial charge on any atom is -0.493 e. The van der Waals surface area contributed by atoms with Gasteiger partial charge in [-0.05, 0) is 43.3 Å². The highest BCUT2D eigenvalue weighted by Gasteiger charge is 2.41. The first-order chi connectivity index (χ1) is 16.1. The van der Waals surface area contributed by atoms with Crippen LogP contribution in [0.25, 0.3) is 5.69 Å². The lowest BCUT2D eigenvalue weighted by atomic mass is 10.1. The van der Waals surface area contributed by atoms with E-state index in [9.17, 15) is 22.8 Å². The molecule has 0 atom stereocenters. The fourth-order valence-corrected chi connectivity index (χ4v) is 3.40. The van der Waals surface area contributed by atoms with E-state index in [1.807, 2.05) is 0 Å². The van der Waals surface area contributed by atoms with Crippen molar-refractivity contribution < 1.29 is 37.0 Å². The number of rotatable bonds is 7. The molecule has 0 aliphatic carbocycles. The standard InChI is InChI=1S/C22H19ClF3N3O5/c1-4-34-21(31)15-11-27-29(19(15)22(24,25)26)14-7-5-13(6-8-14)28-20(30)12-9-16(23)18(33-3)17(10-12)32-2/h5-11H,4H2,1-3H3,(H,28,30). The zero-order valence-electron chi connectivity index (χ0n) is 18.2. The van der Waals surface area contributed by atoms with E-state index in [0.717, 1.165) is 6.20 Å². The van der Waals surface area contributed by atoms with Crippen LogP contribution in [0.2, 0.25) is 5.02 Å². The van der Waals surface area contributed by atoms with Crippen LogP contribution in [0.1, 0.15) is 33.3 Å². The number of nitrogens with one attached hydrogen (secondary N) is 1. The Morgan fingerprint density at radius 3 is 2.35 bits per heavy atom. The summed E-state index contributed by atoms with van der Waals surface area (Å²) in [7, 11) is 2.80. The Bertz CT molecular complexity index is 1210. The molecule has 0 radical (unpaired) electrons. The molecule has 0 spiro atoms. The summed E-state index contributed by atoms with van der Waals surface area (Å²) in [5.74, 6) is -1.13. The van der Waals surface area contributed by atoms with Gasteiger partial charge >= 0.3 is 12.1 Å². The fourth-order valence-electron chi connectivity index (χ4n) is 3.11. The summed E-state index contributed by atoms with van der Waals surface area (Å²) < 4.78 is 56.6. The zero-order valence-corrected chi connectivity index (χ0v) is 19.0. The largest absolute Gasteiger partial charge is 0.493 e. The third-order valence-electron chi connectivity index (χ3n) is 4.60. The molecule has 0 aliphatic rings. The first-order valence-electron chi connectivity index (χ1n) is 9.76. The number of amides is 1. The van der Waals surface area contributed by atoms with E-state index < -0.39 is 29.3 Å². The van der Waals surface area contributed by atoms with Crippen molar-refractivity contribution in [2.75, 3.05) is 26.1 Å². The van der Waals surface area contributed by atoms with Gasteiger partial charge in [0.25, 0.3) is 5.91 Å². The summed E-state index contributed by atoms with van der Waals surface area (Å²) in [6.07, 6.45) is -4.06. The predicted molar refractivity (Wildman–Crippen MR) is 117 cm³/mol. The van der Waals surface area contributed by atoms with Gasteiger partial charge in [0, 0.05) is 11.3 Å². The average Bonchev–Trinajstić information content (AvgIpc) is 3.25. The molecule has 1 heterocycles. The van der Waals surface area contributed by atoms with E-state index in [2.05, 4.69) is 10.4 Å². The van der Waals surface area contributed by atoms with E-state index in [4.69, 9.17) is 25.8 Å². The lowest BCUT2D eigenvalue weighted by Crippen LogP contribution is -2.18. The Morgan fingerprint density at radius 2 is 1.79 bits per heavy atom. The van der Waals surface area contributed by atoms with Crippen LogP contribution in [0.4, 0.5) is 18.9 Å². The van der Waals surface area contributed by atoms with Crippen molar-refractivity contribution in [2.24, 2.45) is 0 Å². The maximum Gasteiger partial charge on any atom is 0.434 e. The van der Waals surface area contributed by atoms with Crippen molar-refractivity contribution in [3.05, 3.63) is 64.4 Å². The number of anilines is 1. The zero-order chi connectivity index (χ0) is 25.0. The second-order valence-electron chi connectivity index (χ2n) is 6.73. The molecule has 12 heteroatoms. The van der Waals surface area contributed by atoms with Gasteiger partial charge in [-0.3, -0.25) is 4.79 Å². The first kappa shape index (κ1) is 24.9. The van der Waals surface area contributed by atoms with Crippen LogP contribution < -0.4 is 14.8 Å². The SMILES string of the molecule is CCOC(=O)c1cnn(-c2ccc(NC(=O)c3cc(Cl)c(OC)c(OC)c3)cc2)c1C(F)(F)F. The molecule has 180 valence electrons. The van der Waals surface area contributed by atoms with Crippen LogP contribution in [0, 0.1) is 0 Å². The van der Waals surface area contributed by atoms with Crippen molar-refractivity contribution >= 4 is 29.2 Å². The Labute approximate surface area is 197 Å². The number of methoxy groups -OCH3 is 2. The Balaban J connectivity index is 1.87. The number of halogens is 4. The van der Waals surface area contributed by atoms with E-state index in [1.54, 1.807) is 0 Å². The normalized spacial score (nSPS) is 11.1. The number of carbonyl (C=O) groups excluding carboxylic acids is 2. The van der Waals surface area contributed by atoms with Crippen molar-refractivity contribution in [3.63, 3.8) is 0 Å². The molecule has 3 rings (SSSR count). The number of aromatic nitrogens is 2. The Hall–Kier alpha value is -3.73. The number of benzene rings is 2. The lowest BCUT2D eigenvalue weighted by Gasteiger charge is -2.13. The van der Waals surface area contributed by atoms with Gasteiger partial charge in [0.1, 0.15) is 5.56 Å². The summed E-state index contributed by atoms with van der Waals surface area (Å²) in [5.41, 5.74) is -1.46. The number of carbonyl (C=O) groups is 2. The van der Waals surface area contributed by atoms with Crippen molar-refractivity contribution in [1.29, 1.82) is 0 Å². The summed E-state index contributed by atoms with van der Waals surface area (Å²) in [6.45, 7) is 1.40. The van der Waals surface area contributed by atoms with E-state index in [0.29, 0.717) is 10.4 Å². The maximum atomic E-state index is 13.7. The van der Waals surface area contributed by atoms with E-state index in [-0.39, 0.29) is 34.4 Å². The maximum absolute atomic E-state index is 13.7. The van der Waals surface area contributed by atoms with Gasteiger partial charge < -0.3 is 19.5 Å². The molecule has 0 unspecified atom stereocenters. The lowest BCUT2D eigenvalue weighted by molar-refractivity contribution is -0.143. The molecule has 1 N–H and O–H groups in total. The van der Waals surface area contributed by atoms with Crippen LogP contribution in [-0.4, -0.2) is 42.5 Å². The monoisotopic (exact) mass is 497 g/mol. The molecular weight excluding hydrogens is 479 g/mol. The highest BCUT2D eigenvalue weighted by molar-refractivity contribution is 6.32. The molecule has 0 fully saturated rings. The van der Waals surface area contributed by atoms with Crippen LogP contribution in [0.15, 0.2) is 42.6 Å².